The summed E-state index contributed by atoms with van der Waals surface area (Å²) in [7, 11) is 0. The van der Waals surface area contributed by atoms with E-state index in [0.717, 1.165) is 31.1 Å². The number of benzene rings is 1. The van der Waals surface area contributed by atoms with Crippen molar-refractivity contribution >= 4 is 11.6 Å². The van der Waals surface area contributed by atoms with E-state index in [1.807, 2.05) is 6.07 Å². The van der Waals surface area contributed by atoms with Gasteiger partial charge in [-0.3, -0.25) is 0 Å². The first-order chi connectivity index (χ1) is 9.84. The number of rotatable bonds is 2. The molecule has 0 bridgehead atoms. The number of halogens is 1. The Labute approximate surface area is 126 Å². The Morgan fingerprint density at radius 2 is 1.60 bits per heavy atom. The van der Waals surface area contributed by atoms with E-state index in [4.69, 9.17) is 21.1 Å². The van der Waals surface area contributed by atoms with Gasteiger partial charge in [0.05, 0.1) is 18.6 Å². The van der Waals surface area contributed by atoms with E-state index >= 15 is 0 Å². The third-order valence-corrected chi connectivity index (χ3v) is 5.01. The summed E-state index contributed by atoms with van der Waals surface area (Å²) in [5, 5.41) is 0.102. The quantitative estimate of drug-likeness (QED) is 0.558. The Bertz CT molecular complexity index is 439. The minimum absolute atomic E-state index is 0.102. The molecule has 0 aromatic heterocycles. The molecular weight excluding hydrogens is 272 g/mol. The number of hydrogen-bond donors (Lipinski definition) is 0. The second kappa shape index (κ2) is 6.71. The molecule has 3 rings (SSSR count). The molecule has 1 aromatic carbocycles. The number of alkyl halides is 1. The van der Waals surface area contributed by atoms with E-state index < -0.39 is 0 Å². The van der Waals surface area contributed by atoms with Crippen molar-refractivity contribution in [2.75, 3.05) is 13.2 Å². The average molecular weight is 295 g/mol. The van der Waals surface area contributed by atoms with Crippen LogP contribution in [0.15, 0.2) is 18.2 Å². The highest BCUT2D eigenvalue weighted by molar-refractivity contribution is 6.21. The second-order valence-electron chi connectivity index (χ2n) is 5.91. The van der Waals surface area contributed by atoms with Crippen molar-refractivity contribution in [1.82, 2.24) is 0 Å². The van der Waals surface area contributed by atoms with Gasteiger partial charge in [0.1, 0.15) is 0 Å². The predicted molar refractivity (Wildman–Crippen MR) is 81.8 cm³/mol. The summed E-state index contributed by atoms with van der Waals surface area (Å²) in [4.78, 5) is 0. The Morgan fingerprint density at radius 1 is 0.900 bits per heavy atom. The van der Waals surface area contributed by atoms with E-state index in [1.165, 1.54) is 44.1 Å². The Hall–Kier alpha value is -0.890. The highest BCUT2D eigenvalue weighted by Crippen LogP contribution is 2.41. The molecular formula is C17H23ClO2. The molecule has 1 aliphatic heterocycles. The minimum atomic E-state index is 0.102. The first kappa shape index (κ1) is 14.1. The molecule has 0 spiro atoms. The Balaban J connectivity index is 1.77. The van der Waals surface area contributed by atoms with Gasteiger partial charge in [0, 0.05) is 6.42 Å². The summed E-state index contributed by atoms with van der Waals surface area (Å²) in [5.74, 6) is 2.32. The van der Waals surface area contributed by atoms with E-state index in [2.05, 4.69) is 12.1 Å². The molecule has 0 amide bonds. The van der Waals surface area contributed by atoms with Gasteiger partial charge in [0.25, 0.3) is 0 Å². The van der Waals surface area contributed by atoms with Gasteiger partial charge in [-0.2, -0.15) is 0 Å². The van der Waals surface area contributed by atoms with Gasteiger partial charge in [0.2, 0.25) is 0 Å². The van der Waals surface area contributed by atoms with Crippen LogP contribution in [0.25, 0.3) is 0 Å². The minimum Gasteiger partial charge on any atom is -0.490 e. The normalized spacial score (nSPS) is 21.9. The van der Waals surface area contributed by atoms with Gasteiger partial charge in [-0.15, -0.1) is 11.6 Å². The molecule has 1 heterocycles. The van der Waals surface area contributed by atoms with E-state index in [-0.39, 0.29) is 5.38 Å². The topological polar surface area (TPSA) is 18.5 Å². The lowest BCUT2D eigenvalue weighted by Crippen LogP contribution is -2.07. The monoisotopic (exact) mass is 294 g/mol. The van der Waals surface area contributed by atoms with Crippen molar-refractivity contribution < 1.29 is 9.47 Å². The fraction of sp³-hybridized carbons (Fsp3) is 0.647. The number of ether oxygens (including phenoxy) is 2. The molecule has 1 fully saturated rings. The van der Waals surface area contributed by atoms with Crippen molar-refractivity contribution in [2.45, 2.75) is 50.3 Å². The number of fused-ring (bicyclic) bond motifs is 1. The lowest BCUT2D eigenvalue weighted by atomic mass is 9.92. The largest absolute Gasteiger partial charge is 0.490 e. The van der Waals surface area contributed by atoms with E-state index in [9.17, 15) is 0 Å². The molecule has 2 nitrogen and oxygen atoms in total. The molecule has 20 heavy (non-hydrogen) atoms. The van der Waals surface area contributed by atoms with Crippen molar-refractivity contribution in [3.05, 3.63) is 23.8 Å². The van der Waals surface area contributed by atoms with Crippen LogP contribution < -0.4 is 9.47 Å². The van der Waals surface area contributed by atoms with E-state index in [1.54, 1.807) is 0 Å². The summed E-state index contributed by atoms with van der Waals surface area (Å²) < 4.78 is 11.4. The van der Waals surface area contributed by atoms with Crippen LogP contribution in [0.2, 0.25) is 0 Å². The maximum absolute atomic E-state index is 6.74. The third kappa shape index (κ3) is 3.22. The summed E-state index contributed by atoms with van der Waals surface area (Å²) in [5.41, 5.74) is 1.18. The van der Waals surface area contributed by atoms with Crippen LogP contribution in [0.3, 0.4) is 0 Å². The maximum Gasteiger partial charge on any atom is 0.161 e. The van der Waals surface area contributed by atoms with Crippen molar-refractivity contribution in [3.63, 3.8) is 0 Å². The van der Waals surface area contributed by atoms with Gasteiger partial charge < -0.3 is 9.47 Å². The SMILES string of the molecule is ClC(c1ccc2c(c1)OCCCO2)C1CCCCCC1. The first-order valence-electron chi connectivity index (χ1n) is 7.88. The fourth-order valence-corrected chi connectivity index (χ4v) is 3.61. The lowest BCUT2D eigenvalue weighted by Gasteiger charge is -2.21. The molecule has 0 saturated heterocycles. The highest BCUT2D eigenvalue weighted by Gasteiger charge is 2.23. The zero-order chi connectivity index (χ0) is 13.8. The molecule has 0 radical (unpaired) electrons. The first-order valence-corrected chi connectivity index (χ1v) is 8.32. The van der Waals surface area contributed by atoms with Gasteiger partial charge >= 0.3 is 0 Å². The highest BCUT2D eigenvalue weighted by atomic mass is 35.5. The lowest BCUT2D eigenvalue weighted by molar-refractivity contribution is 0.297. The Kier molecular flexibility index (Phi) is 4.72. The predicted octanol–water partition coefficient (Wildman–Crippen LogP) is 5.10. The summed E-state index contributed by atoms with van der Waals surface area (Å²) in [6.07, 6.45) is 8.81. The smallest absolute Gasteiger partial charge is 0.161 e. The van der Waals surface area contributed by atoms with Crippen molar-refractivity contribution in [1.29, 1.82) is 0 Å². The molecule has 1 saturated carbocycles. The van der Waals surface area contributed by atoms with Crippen LogP contribution in [0.5, 0.6) is 11.5 Å². The third-order valence-electron chi connectivity index (χ3n) is 4.40. The van der Waals surface area contributed by atoms with Crippen LogP contribution in [-0.4, -0.2) is 13.2 Å². The summed E-state index contributed by atoms with van der Waals surface area (Å²) in [6, 6.07) is 6.21. The van der Waals surface area contributed by atoms with Crippen molar-refractivity contribution in [2.24, 2.45) is 5.92 Å². The molecule has 0 N–H and O–H groups in total. The van der Waals surface area contributed by atoms with Crippen LogP contribution in [-0.2, 0) is 0 Å². The van der Waals surface area contributed by atoms with Gasteiger partial charge in [0.15, 0.2) is 11.5 Å². The summed E-state index contributed by atoms with van der Waals surface area (Å²) in [6.45, 7) is 1.46. The number of hydrogen-bond acceptors (Lipinski definition) is 2. The molecule has 1 atom stereocenters. The van der Waals surface area contributed by atoms with Crippen LogP contribution in [0.1, 0.15) is 55.9 Å². The molecule has 2 aliphatic rings. The molecule has 110 valence electrons. The molecule has 1 aliphatic carbocycles. The van der Waals surface area contributed by atoms with Gasteiger partial charge in [-0.05, 0) is 36.5 Å². The molecule has 1 aromatic rings. The van der Waals surface area contributed by atoms with Crippen LogP contribution in [0, 0.1) is 5.92 Å². The Morgan fingerprint density at radius 3 is 2.35 bits per heavy atom. The molecule has 3 heteroatoms. The zero-order valence-corrected chi connectivity index (χ0v) is 12.7. The average Bonchev–Trinajstić information content (AvgIpc) is 2.88. The standard InChI is InChI=1S/C17H23ClO2/c18-17(13-6-3-1-2-4-7-13)14-8-9-15-16(12-14)20-11-5-10-19-15/h8-9,12-13,17H,1-7,10-11H2. The second-order valence-corrected chi connectivity index (χ2v) is 6.38. The van der Waals surface area contributed by atoms with Crippen molar-refractivity contribution in [3.8, 4) is 11.5 Å². The zero-order valence-electron chi connectivity index (χ0n) is 11.9. The van der Waals surface area contributed by atoms with Crippen LogP contribution in [0.4, 0.5) is 0 Å². The van der Waals surface area contributed by atoms with E-state index in [0.29, 0.717) is 5.92 Å². The molecule has 1 unspecified atom stereocenters. The fourth-order valence-electron chi connectivity index (χ4n) is 3.23. The van der Waals surface area contributed by atoms with Crippen LogP contribution >= 0.6 is 11.6 Å². The van der Waals surface area contributed by atoms with Gasteiger partial charge in [-0.1, -0.05) is 31.7 Å². The summed E-state index contributed by atoms with van der Waals surface area (Å²) >= 11 is 6.74. The maximum atomic E-state index is 6.74. The van der Waals surface area contributed by atoms with Gasteiger partial charge in [-0.25, -0.2) is 0 Å².